The van der Waals surface area contributed by atoms with Gasteiger partial charge in [0.15, 0.2) is 0 Å². The lowest BCUT2D eigenvalue weighted by Crippen LogP contribution is -2.55. The van der Waals surface area contributed by atoms with Gasteiger partial charge in [-0.25, -0.2) is 9.18 Å². The van der Waals surface area contributed by atoms with E-state index in [2.05, 4.69) is 27.9 Å². The summed E-state index contributed by atoms with van der Waals surface area (Å²) >= 11 is 2.70. The second kappa shape index (κ2) is 8.63. The summed E-state index contributed by atoms with van der Waals surface area (Å²) in [5, 5.41) is 12.1. The van der Waals surface area contributed by atoms with E-state index in [-0.39, 0.29) is 17.4 Å². The topological polar surface area (TPSA) is 75.6 Å². The average molecular weight is 581 g/mol. The number of benzene rings is 1. The van der Waals surface area contributed by atoms with Gasteiger partial charge >= 0.3 is 5.97 Å². The molecule has 0 aliphatic heterocycles. The molecule has 0 heterocycles. The fourth-order valence-corrected chi connectivity index (χ4v) is 9.40. The van der Waals surface area contributed by atoms with E-state index >= 15 is 4.39 Å². The Morgan fingerprint density at radius 1 is 1.15 bits per heavy atom. The Hall–Kier alpha value is -1.38. The van der Waals surface area contributed by atoms with Crippen molar-refractivity contribution >= 4 is 34.5 Å². The molecule has 5 nitrogen and oxygen atoms in total. The lowest BCUT2D eigenvalue weighted by atomic mass is 9.52. The van der Waals surface area contributed by atoms with Crippen LogP contribution in [-0.4, -0.2) is 33.1 Å². The quantitative estimate of drug-likeness (QED) is 0.306. The molecule has 7 rings (SSSR count). The molecule has 6 fully saturated rings. The Morgan fingerprint density at radius 2 is 1.85 bits per heavy atom. The molecular weight excluding hydrogens is 548 g/mol. The molecule has 4 atom stereocenters. The Kier molecular flexibility index (Phi) is 5.85. The van der Waals surface area contributed by atoms with Crippen LogP contribution in [0.1, 0.15) is 86.0 Å². The summed E-state index contributed by atoms with van der Waals surface area (Å²) < 4.78 is 21.8. The van der Waals surface area contributed by atoms with Crippen molar-refractivity contribution < 1.29 is 23.8 Å². The van der Waals surface area contributed by atoms with Crippen molar-refractivity contribution in [3.05, 3.63) is 29.1 Å². The second-order valence-electron chi connectivity index (χ2n) is 11.7. The number of rotatable bonds is 8. The number of hydrogen-bond acceptors (Lipinski definition) is 3. The number of carboxylic acid groups (broad SMARTS) is 1. The largest absolute Gasteiger partial charge is 0.493 e. The number of carboxylic acids is 1. The van der Waals surface area contributed by atoms with Crippen LogP contribution in [0, 0.1) is 35.4 Å². The Bertz CT molecular complexity index is 993. The minimum atomic E-state index is -1.05. The molecular formula is C27H33FINO4. The van der Waals surface area contributed by atoms with Crippen molar-refractivity contribution in [2.24, 2.45) is 29.6 Å². The molecule has 0 spiro atoms. The van der Waals surface area contributed by atoms with Gasteiger partial charge in [0.25, 0.3) is 5.91 Å². The van der Waals surface area contributed by atoms with Gasteiger partial charge in [-0.3, -0.25) is 4.79 Å². The Balaban J connectivity index is 1.20. The standard InChI is InChI=1S/C27H33FINO4/c28-22-10-23(34-13-21-18-7-14-6-15(8-18)12-27(21,29)11-14)19(16-4-5-16)9-20(22)25(31)30-24(26(32)33)17-2-1-3-17/h9-10,14-18,21,24H,1-8,11-13H2,(H,30,31)(H,32,33)/t14?,15?,18?,21?,24-,27?/m0/s1. The van der Waals surface area contributed by atoms with Gasteiger partial charge in [0.2, 0.25) is 0 Å². The van der Waals surface area contributed by atoms with Gasteiger partial charge < -0.3 is 15.2 Å². The highest BCUT2D eigenvalue weighted by Crippen LogP contribution is 2.62. The van der Waals surface area contributed by atoms with Crippen LogP contribution in [0.25, 0.3) is 0 Å². The van der Waals surface area contributed by atoms with Crippen LogP contribution in [0.15, 0.2) is 12.1 Å². The summed E-state index contributed by atoms with van der Waals surface area (Å²) in [5.74, 6) is 1.41. The highest BCUT2D eigenvalue weighted by molar-refractivity contribution is 14.1. The second-order valence-corrected chi connectivity index (χ2v) is 13.8. The molecule has 184 valence electrons. The summed E-state index contributed by atoms with van der Waals surface area (Å²) in [4.78, 5) is 24.6. The number of carbonyl (C=O) groups is 2. The zero-order valence-electron chi connectivity index (χ0n) is 19.4. The van der Waals surface area contributed by atoms with Crippen LogP contribution in [0.3, 0.4) is 0 Å². The number of hydrogen-bond donors (Lipinski definition) is 2. The smallest absolute Gasteiger partial charge is 0.326 e. The SMILES string of the molecule is O=C(N[C@H](C(=O)O)C1CCC1)c1cc(C2CC2)c(OCC2C3CC4CC(C3)CC2(I)C4)cc1F. The number of amides is 1. The average Bonchev–Trinajstić information content (AvgIpc) is 3.55. The van der Waals surface area contributed by atoms with Crippen molar-refractivity contribution in [2.45, 2.75) is 79.6 Å². The van der Waals surface area contributed by atoms with Crippen molar-refractivity contribution in [3.8, 4) is 5.75 Å². The molecule has 34 heavy (non-hydrogen) atoms. The van der Waals surface area contributed by atoms with Crippen molar-refractivity contribution in [1.29, 1.82) is 0 Å². The lowest BCUT2D eigenvalue weighted by Gasteiger charge is -2.58. The molecule has 4 bridgehead atoms. The van der Waals surface area contributed by atoms with Crippen LogP contribution in [-0.2, 0) is 4.79 Å². The first kappa shape index (κ1) is 23.0. The van der Waals surface area contributed by atoms with E-state index in [1.165, 1.54) is 38.2 Å². The van der Waals surface area contributed by atoms with E-state index in [9.17, 15) is 14.7 Å². The number of nitrogens with one attached hydrogen (secondary N) is 1. The molecule has 0 radical (unpaired) electrons. The molecule has 6 aliphatic carbocycles. The summed E-state index contributed by atoms with van der Waals surface area (Å²) in [5.41, 5.74) is 0.827. The van der Waals surface area contributed by atoms with Crippen LogP contribution in [0.2, 0.25) is 0 Å². The third-order valence-corrected chi connectivity index (χ3v) is 11.1. The molecule has 0 aromatic heterocycles. The van der Waals surface area contributed by atoms with Gasteiger partial charge in [0.1, 0.15) is 17.6 Å². The Labute approximate surface area is 213 Å². The van der Waals surface area contributed by atoms with Gasteiger partial charge in [-0.1, -0.05) is 29.0 Å². The molecule has 1 aromatic rings. The van der Waals surface area contributed by atoms with Gasteiger partial charge in [-0.05, 0) is 99.0 Å². The predicted molar refractivity (Wildman–Crippen MR) is 134 cm³/mol. The first-order chi connectivity index (χ1) is 16.3. The van der Waals surface area contributed by atoms with E-state index in [0.29, 0.717) is 27.6 Å². The van der Waals surface area contributed by atoms with Crippen LogP contribution >= 0.6 is 22.6 Å². The van der Waals surface area contributed by atoms with Crippen molar-refractivity contribution in [1.82, 2.24) is 5.32 Å². The van der Waals surface area contributed by atoms with E-state index in [1.54, 1.807) is 6.07 Å². The molecule has 0 saturated heterocycles. The summed E-state index contributed by atoms with van der Waals surface area (Å²) in [6.45, 7) is 0.612. The molecule has 1 aromatic carbocycles. The van der Waals surface area contributed by atoms with E-state index in [0.717, 1.165) is 49.5 Å². The number of alkyl halides is 1. The van der Waals surface area contributed by atoms with Crippen molar-refractivity contribution in [2.75, 3.05) is 6.61 Å². The van der Waals surface area contributed by atoms with E-state index in [1.807, 2.05) is 0 Å². The monoisotopic (exact) mass is 581 g/mol. The maximum atomic E-state index is 15.2. The summed E-state index contributed by atoms with van der Waals surface area (Å²) in [7, 11) is 0. The van der Waals surface area contributed by atoms with Gasteiger partial charge in [-0.15, -0.1) is 0 Å². The van der Waals surface area contributed by atoms with E-state index < -0.39 is 23.7 Å². The van der Waals surface area contributed by atoms with Gasteiger partial charge in [0, 0.05) is 15.4 Å². The molecule has 3 unspecified atom stereocenters. The molecule has 7 heteroatoms. The number of carbonyl (C=O) groups excluding carboxylic acids is 1. The highest BCUT2D eigenvalue weighted by Gasteiger charge is 2.56. The summed E-state index contributed by atoms with van der Waals surface area (Å²) in [6.07, 6.45) is 11.1. The maximum Gasteiger partial charge on any atom is 0.326 e. The van der Waals surface area contributed by atoms with Crippen LogP contribution in [0.5, 0.6) is 5.75 Å². The predicted octanol–water partition coefficient (Wildman–Crippen LogP) is 5.69. The zero-order chi connectivity index (χ0) is 23.6. The molecule has 6 saturated carbocycles. The van der Waals surface area contributed by atoms with Crippen LogP contribution < -0.4 is 10.1 Å². The number of ether oxygens (including phenoxy) is 1. The minimum Gasteiger partial charge on any atom is -0.493 e. The highest BCUT2D eigenvalue weighted by atomic mass is 127. The fourth-order valence-electron chi connectivity index (χ4n) is 7.47. The first-order valence-electron chi connectivity index (χ1n) is 13.0. The maximum absolute atomic E-state index is 15.2. The number of aliphatic carboxylic acids is 1. The molecule has 2 N–H and O–H groups in total. The number of halogens is 2. The van der Waals surface area contributed by atoms with Gasteiger partial charge in [0.05, 0.1) is 12.2 Å². The van der Waals surface area contributed by atoms with E-state index in [4.69, 9.17) is 4.74 Å². The third kappa shape index (κ3) is 4.13. The van der Waals surface area contributed by atoms with Gasteiger partial charge in [-0.2, -0.15) is 0 Å². The fraction of sp³-hybridized carbons (Fsp3) is 0.704. The minimum absolute atomic E-state index is 0.0696. The normalized spacial score (nSPS) is 35.0. The van der Waals surface area contributed by atoms with Crippen LogP contribution in [0.4, 0.5) is 4.39 Å². The van der Waals surface area contributed by atoms with Crippen molar-refractivity contribution in [3.63, 3.8) is 0 Å². The Morgan fingerprint density at radius 3 is 2.41 bits per heavy atom. The molecule has 6 aliphatic rings. The third-order valence-electron chi connectivity index (χ3n) is 9.38. The zero-order valence-corrected chi connectivity index (χ0v) is 21.6. The summed E-state index contributed by atoms with van der Waals surface area (Å²) in [6, 6.07) is 2.03. The first-order valence-corrected chi connectivity index (χ1v) is 14.1. The molecule has 1 amide bonds. The lowest BCUT2D eigenvalue weighted by molar-refractivity contribution is -0.141.